The lowest BCUT2D eigenvalue weighted by atomic mass is 10.1. The maximum Gasteiger partial charge on any atom is 0.407 e. The minimum atomic E-state index is -0.508. The van der Waals surface area contributed by atoms with Crippen molar-refractivity contribution >= 4 is 12.1 Å². The molecule has 7 nitrogen and oxygen atoms in total. The molecular formula is C10H13N3O4. The number of carbonyl (C=O) groups excluding carboxylic acids is 2. The maximum absolute atomic E-state index is 11.7. The Balaban J connectivity index is 2.27. The Labute approximate surface area is 97.7 Å². The molecule has 1 unspecified atom stereocenters. The predicted molar refractivity (Wildman–Crippen MR) is 56.4 cm³/mol. The van der Waals surface area contributed by atoms with Gasteiger partial charge in [0.1, 0.15) is 6.10 Å². The number of esters is 1. The average Bonchev–Trinajstić information content (AvgIpc) is 2.84. The van der Waals surface area contributed by atoms with Gasteiger partial charge in [0.25, 0.3) is 0 Å². The molecule has 2 rings (SSSR count). The minimum Gasteiger partial charge on any atom is -0.461 e. The van der Waals surface area contributed by atoms with E-state index in [2.05, 4.69) is 10.4 Å². The van der Waals surface area contributed by atoms with Crippen molar-refractivity contribution < 1.29 is 19.1 Å². The second-order valence-corrected chi connectivity index (χ2v) is 3.60. The van der Waals surface area contributed by atoms with Crippen LogP contribution in [0.5, 0.6) is 0 Å². The molecule has 1 fully saturated rings. The van der Waals surface area contributed by atoms with Crippen molar-refractivity contribution in [2.24, 2.45) is 7.05 Å². The summed E-state index contributed by atoms with van der Waals surface area (Å²) in [6.07, 6.45) is 0.668. The summed E-state index contributed by atoms with van der Waals surface area (Å²) < 4.78 is 11.4. The molecule has 1 aliphatic heterocycles. The highest BCUT2D eigenvalue weighted by Gasteiger charge is 2.30. The van der Waals surface area contributed by atoms with Crippen LogP contribution in [0.2, 0.25) is 0 Å². The van der Waals surface area contributed by atoms with E-state index in [1.807, 2.05) is 0 Å². The second kappa shape index (κ2) is 4.44. The number of hydrogen-bond donors (Lipinski definition) is 1. The predicted octanol–water partition coefficient (Wildman–Crippen LogP) is 0.378. The first-order valence-corrected chi connectivity index (χ1v) is 5.27. The third kappa shape index (κ3) is 2.22. The quantitative estimate of drug-likeness (QED) is 0.771. The maximum atomic E-state index is 11.7. The van der Waals surface area contributed by atoms with Crippen molar-refractivity contribution in [3.63, 3.8) is 0 Å². The number of alkyl carbamates (subject to hydrolysis) is 1. The molecule has 1 aromatic heterocycles. The van der Waals surface area contributed by atoms with Gasteiger partial charge in [0, 0.05) is 18.8 Å². The molecule has 1 aromatic rings. The van der Waals surface area contributed by atoms with Crippen LogP contribution in [0, 0.1) is 0 Å². The lowest BCUT2D eigenvalue weighted by Crippen LogP contribution is -2.13. The number of rotatable bonds is 3. The molecule has 1 amide bonds. The van der Waals surface area contributed by atoms with Crippen molar-refractivity contribution in [1.29, 1.82) is 0 Å². The van der Waals surface area contributed by atoms with Crippen LogP contribution in [-0.2, 0) is 16.5 Å². The van der Waals surface area contributed by atoms with Crippen LogP contribution in [0.15, 0.2) is 6.20 Å². The SMILES string of the molecule is CCOC(=O)c1nn(C)cc1C1CNC(=O)O1. The van der Waals surface area contributed by atoms with Crippen LogP contribution in [0.3, 0.4) is 0 Å². The summed E-state index contributed by atoms with van der Waals surface area (Å²) in [6, 6.07) is 0. The summed E-state index contributed by atoms with van der Waals surface area (Å²) in [5.41, 5.74) is 0.750. The summed E-state index contributed by atoms with van der Waals surface area (Å²) in [7, 11) is 1.69. The van der Waals surface area contributed by atoms with Crippen LogP contribution in [0.4, 0.5) is 4.79 Å². The molecule has 17 heavy (non-hydrogen) atoms. The van der Waals surface area contributed by atoms with E-state index in [-0.39, 0.29) is 12.3 Å². The fourth-order valence-corrected chi connectivity index (χ4v) is 1.66. The number of ether oxygens (including phenoxy) is 2. The number of amides is 1. The van der Waals surface area contributed by atoms with Gasteiger partial charge in [-0.1, -0.05) is 0 Å². The Hall–Kier alpha value is -2.05. The van der Waals surface area contributed by atoms with Gasteiger partial charge in [0.05, 0.1) is 13.2 Å². The van der Waals surface area contributed by atoms with E-state index in [0.29, 0.717) is 12.1 Å². The van der Waals surface area contributed by atoms with Gasteiger partial charge in [-0.3, -0.25) is 4.68 Å². The molecule has 0 aliphatic carbocycles. The summed E-state index contributed by atoms with van der Waals surface area (Å²) >= 11 is 0. The molecule has 1 atom stereocenters. The van der Waals surface area contributed by atoms with E-state index < -0.39 is 18.2 Å². The number of aromatic nitrogens is 2. The van der Waals surface area contributed by atoms with Gasteiger partial charge in [-0.25, -0.2) is 9.59 Å². The monoisotopic (exact) mass is 239 g/mol. The number of hydrogen-bond acceptors (Lipinski definition) is 5. The Bertz CT molecular complexity index is 454. The van der Waals surface area contributed by atoms with Crippen LogP contribution >= 0.6 is 0 Å². The normalized spacial score (nSPS) is 18.7. The van der Waals surface area contributed by atoms with E-state index in [0.717, 1.165) is 0 Å². The molecule has 0 radical (unpaired) electrons. The fourth-order valence-electron chi connectivity index (χ4n) is 1.66. The summed E-state index contributed by atoms with van der Waals surface area (Å²) in [4.78, 5) is 22.6. The molecule has 7 heteroatoms. The van der Waals surface area contributed by atoms with Crippen molar-refractivity contribution in [2.75, 3.05) is 13.2 Å². The smallest absolute Gasteiger partial charge is 0.407 e. The molecule has 1 saturated heterocycles. The Morgan fingerprint density at radius 1 is 1.76 bits per heavy atom. The molecule has 0 aromatic carbocycles. The van der Waals surface area contributed by atoms with Crippen molar-refractivity contribution in [3.8, 4) is 0 Å². The molecule has 92 valence electrons. The van der Waals surface area contributed by atoms with E-state index >= 15 is 0 Å². The molecule has 1 N–H and O–H groups in total. The fraction of sp³-hybridized carbons (Fsp3) is 0.500. The zero-order chi connectivity index (χ0) is 12.4. The lowest BCUT2D eigenvalue weighted by Gasteiger charge is -2.06. The number of carbonyl (C=O) groups is 2. The number of nitrogens with zero attached hydrogens (tertiary/aromatic N) is 2. The third-order valence-corrected chi connectivity index (χ3v) is 2.35. The summed E-state index contributed by atoms with van der Waals surface area (Å²) in [6.45, 7) is 2.33. The second-order valence-electron chi connectivity index (χ2n) is 3.60. The number of nitrogens with one attached hydrogen (secondary N) is 1. The van der Waals surface area contributed by atoms with Gasteiger partial charge in [-0.05, 0) is 6.92 Å². The Kier molecular flexibility index (Phi) is 2.99. The van der Waals surface area contributed by atoms with Crippen LogP contribution in [0.25, 0.3) is 0 Å². The van der Waals surface area contributed by atoms with Gasteiger partial charge in [0.2, 0.25) is 0 Å². The van der Waals surface area contributed by atoms with Gasteiger partial charge >= 0.3 is 12.1 Å². The van der Waals surface area contributed by atoms with Gasteiger partial charge in [0.15, 0.2) is 5.69 Å². The third-order valence-electron chi connectivity index (χ3n) is 2.35. The van der Waals surface area contributed by atoms with E-state index in [1.54, 1.807) is 20.2 Å². The number of aryl methyl sites for hydroxylation is 1. The zero-order valence-corrected chi connectivity index (χ0v) is 9.60. The van der Waals surface area contributed by atoms with Crippen molar-refractivity contribution in [3.05, 3.63) is 17.5 Å². The van der Waals surface area contributed by atoms with E-state index in [4.69, 9.17) is 9.47 Å². The Morgan fingerprint density at radius 2 is 2.53 bits per heavy atom. The molecule has 0 bridgehead atoms. The number of cyclic esters (lactones) is 1. The topological polar surface area (TPSA) is 82.5 Å². The Morgan fingerprint density at radius 3 is 3.12 bits per heavy atom. The van der Waals surface area contributed by atoms with Gasteiger partial charge in [-0.15, -0.1) is 0 Å². The molecular weight excluding hydrogens is 226 g/mol. The van der Waals surface area contributed by atoms with Crippen LogP contribution in [-0.4, -0.2) is 35.0 Å². The standard InChI is InChI=1S/C10H13N3O4/c1-3-16-9(14)8-6(5-13(2)12-8)7-4-11-10(15)17-7/h5,7H,3-4H2,1-2H3,(H,11,15). The highest BCUT2D eigenvalue weighted by molar-refractivity contribution is 5.89. The van der Waals surface area contributed by atoms with Crippen molar-refractivity contribution in [1.82, 2.24) is 15.1 Å². The summed E-state index contributed by atoms with van der Waals surface area (Å²) in [5, 5.41) is 6.55. The summed E-state index contributed by atoms with van der Waals surface area (Å²) in [5.74, 6) is -0.508. The van der Waals surface area contributed by atoms with Gasteiger partial charge in [-0.2, -0.15) is 5.10 Å². The molecule has 2 heterocycles. The molecule has 0 spiro atoms. The average molecular weight is 239 g/mol. The lowest BCUT2D eigenvalue weighted by molar-refractivity contribution is 0.0512. The highest BCUT2D eigenvalue weighted by atomic mass is 16.6. The minimum absolute atomic E-state index is 0.191. The molecule has 1 aliphatic rings. The first-order valence-electron chi connectivity index (χ1n) is 5.27. The highest BCUT2D eigenvalue weighted by Crippen LogP contribution is 2.24. The van der Waals surface area contributed by atoms with Crippen LogP contribution < -0.4 is 5.32 Å². The zero-order valence-electron chi connectivity index (χ0n) is 9.60. The first-order chi connectivity index (χ1) is 8.11. The molecule has 0 saturated carbocycles. The first kappa shape index (κ1) is 11.4. The van der Waals surface area contributed by atoms with Crippen molar-refractivity contribution in [2.45, 2.75) is 13.0 Å². The van der Waals surface area contributed by atoms with E-state index in [1.165, 1.54) is 4.68 Å². The van der Waals surface area contributed by atoms with Crippen LogP contribution in [0.1, 0.15) is 29.1 Å². The van der Waals surface area contributed by atoms with E-state index in [9.17, 15) is 9.59 Å². The largest absolute Gasteiger partial charge is 0.461 e. The van der Waals surface area contributed by atoms with Gasteiger partial charge < -0.3 is 14.8 Å².